The van der Waals surface area contributed by atoms with Crippen LogP contribution < -0.4 is 10.1 Å². The quantitative estimate of drug-likeness (QED) is 0.694. The number of carbonyl (C=O) groups is 1. The third-order valence-corrected chi connectivity index (χ3v) is 7.63. The molecule has 29 heavy (non-hydrogen) atoms. The van der Waals surface area contributed by atoms with Gasteiger partial charge in [0.15, 0.2) is 0 Å². The van der Waals surface area contributed by atoms with Gasteiger partial charge in [-0.3, -0.25) is 4.79 Å². The van der Waals surface area contributed by atoms with Crippen LogP contribution in [0, 0.1) is 24.2 Å². The molecule has 2 unspecified atom stereocenters. The minimum Gasteiger partial charge on any atom is -0.494 e. The third kappa shape index (κ3) is 3.25. The predicted octanol–water partition coefficient (Wildman–Crippen LogP) is 5.87. The number of anilines is 1. The predicted molar refractivity (Wildman–Crippen MR) is 116 cm³/mol. The van der Waals surface area contributed by atoms with E-state index in [1.54, 1.807) is 0 Å². The smallest absolute Gasteiger partial charge is 0.230 e. The molecule has 4 saturated carbocycles. The lowest BCUT2D eigenvalue weighted by Crippen LogP contribution is -2.57. The van der Waals surface area contributed by atoms with E-state index in [1.165, 1.54) is 30.4 Å². The molecule has 4 atom stereocenters. The van der Waals surface area contributed by atoms with Crippen LogP contribution in [0.5, 0.6) is 5.75 Å². The minimum atomic E-state index is -0.215. The van der Waals surface area contributed by atoms with Crippen molar-refractivity contribution in [3.05, 3.63) is 59.7 Å². The largest absolute Gasteiger partial charge is 0.494 e. The van der Waals surface area contributed by atoms with E-state index in [4.69, 9.17) is 4.74 Å². The van der Waals surface area contributed by atoms with Gasteiger partial charge in [-0.1, -0.05) is 29.8 Å². The summed E-state index contributed by atoms with van der Waals surface area (Å²) in [5, 5.41) is 3.25. The Hall–Kier alpha value is -2.29. The molecule has 0 aromatic heterocycles. The van der Waals surface area contributed by atoms with Crippen molar-refractivity contribution in [3.63, 3.8) is 0 Å². The first-order valence-corrected chi connectivity index (χ1v) is 11.1. The number of carbonyl (C=O) groups excluding carboxylic acids is 1. The highest BCUT2D eigenvalue weighted by molar-refractivity contribution is 5.96. The number of hydrogen-bond acceptors (Lipinski definition) is 2. The van der Waals surface area contributed by atoms with Crippen molar-refractivity contribution in [2.45, 2.75) is 57.8 Å². The standard InChI is InChI=1S/C26H31NO2/c1-3-29-23-10-8-22(9-11-23)27-24(28)26-15-19-12-20(16-26)14-25(13-19,17-26)21-6-4-18(2)5-7-21/h4-11,19-20H,3,12-17H2,1-2H3,(H,27,28)/t19-,20+,25?,26?. The Morgan fingerprint density at radius 3 is 2.28 bits per heavy atom. The Balaban J connectivity index is 1.40. The zero-order valence-corrected chi connectivity index (χ0v) is 17.5. The second-order valence-electron chi connectivity index (χ2n) is 9.80. The molecule has 4 bridgehead atoms. The van der Waals surface area contributed by atoms with Crippen molar-refractivity contribution >= 4 is 11.6 Å². The molecule has 0 saturated heterocycles. The lowest BCUT2D eigenvalue weighted by molar-refractivity contribution is -0.143. The zero-order chi connectivity index (χ0) is 20.1. The number of benzene rings is 2. The van der Waals surface area contributed by atoms with E-state index < -0.39 is 0 Å². The van der Waals surface area contributed by atoms with Crippen molar-refractivity contribution in [1.29, 1.82) is 0 Å². The molecule has 4 fully saturated rings. The van der Waals surface area contributed by atoms with Gasteiger partial charge in [0.05, 0.1) is 12.0 Å². The van der Waals surface area contributed by atoms with Gasteiger partial charge in [0.2, 0.25) is 5.91 Å². The molecule has 4 aliphatic rings. The summed E-state index contributed by atoms with van der Waals surface area (Å²) in [7, 11) is 0. The van der Waals surface area contributed by atoms with Crippen molar-refractivity contribution in [2.24, 2.45) is 17.3 Å². The lowest BCUT2D eigenvalue weighted by Gasteiger charge is -2.61. The Bertz CT molecular complexity index is 885. The Kier molecular flexibility index (Phi) is 4.45. The normalized spacial score (nSPS) is 32.2. The van der Waals surface area contributed by atoms with Crippen LogP contribution >= 0.6 is 0 Å². The summed E-state index contributed by atoms with van der Waals surface area (Å²) in [6, 6.07) is 16.9. The molecule has 0 aliphatic heterocycles. The monoisotopic (exact) mass is 389 g/mol. The van der Waals surface area contributed by atoms with E-state index in [2.05, 4.69) is 36.5 Å². The molecule has 1 amide bonds. The molecule has 1 N–H and O–H groups in total. The first-order chi connectivity index (χ1) is 14.0. The second kappa shape index (κ2) is 6.90. The molecular formula is C26H31NO2. The number of amides is 1. The molecule has 0 heterocycles. The maximum atomic E-state index is 13.6. The number of nitrogens with one attached hydrogen (secondary N) is 1. The maximum absolute atomic E-state index is 13.6. The van der Waals surface area contributed by atoms with Gasteiger partial charge >= 0.3 is 0 Å². The molecule has 6 rings (SSSR count). The van der Waals surface area contributed by atoms with Crippen molar-refractivity contribution < 1.29 is 9.53 Å². The van der Waals surface area contributed by atoms with Crippen molar-refractivity contribution in [2.75, 3.05) is 11.9 Å². The van der Waals surface area contributed by atoms with Crippen LogP contribution in [-0.4, -0.2) is 12.5 Å². The average molecular weight is 390 g/mol. The van der Waals surface area contributed by atoms with Gasteiger partial charge < -0.3 is 10.1 Å². The summed E-state index contributed by atoms with van der Waals surface area (Å²) in [5.41, 5.74) is 3.61. The average Bonchev–Trinajstić information content (AvgIpc) is 2.69. The summed E-state index contributed by atoms with van der Waals surface area (Å²) >= 11 is 0. The zero-order valence-electron chi connectivity index (χ0n) is 17.5. The summed E-state index contributed by atoms with van der Waals surface area (Å²) < 4.78 is 5.52. The van der Waals surface area contributed by atoms with E-state index in [0.717, 1.165) is 30.7 Å². The minimum absolute atomic E-state index is 0.188. The second-order valence-corrected chi connectivity index (χ2v) is 9.80. The molecule has 0 spiro atoms. The van der Waals surface area contributed by atoms with E-state index in [9.17, 15) is 4.79 Å². The number of aryl methyl sites for hydroxylation is 1. The summed E-state index contributed by atoms with van der Waals surface area (Å²) in [6.45, 7) is 4.78. The van der Waals surface area contributed by atoms with Crippen LogP contribution in [-0.2, 0) is 10.2 Å². The van der Waals surface area contributed by atoms with Gasteiger partial charge in [0.1, 0.15) is 5.75 Å². The molecule has 152 valence electrons. The highest BCUT2D eigenvalue weighted by Gasteiger charge is 2.60. The fourth-order valence-corrected chi connectivity index (χ4v) is 6.84. The highest BCUT2D eigenvalue weighted by Crippen LogP contribution is 2.66. The Morgan fingerprint density at radius 2 is 1.66 bits per heavy atom. The van der Waals surface area contributed by atoms with Gasteiger partial charge in [0, 0.05) is 5.69 Å². The summed E-state index contributed by atoms with van der Waals surface area (Å²) in [6.07, 6.45) is 6.93. The van der Waals surface area contributed by atoms with E-state index in [-0.39, 0.29) is 16.7 Å². The topological polar surface area (TPSA) is 38.3 Å². The van der Waals surface area contributed by atoms with E-state index >= 15 is 0 Å². The van der Waals surface area contributed by atoms with Gasteiger partial charge in [-0.15, -0.1) is 0 Å². The van der Waals surface area contributed by atoms with E-state index in [0.29, 0.717) is 18.4 Å². The molecule has 0 radical (unpaired) electrons. The summed E-state index contributed by atoms with van der Waals surface area (Å²) in [5.74, 6) is 2.44. The van der Waals surface area contributed by atoms with Crippen LogP contribution in [0.2, 0.25) is 0 Å². The first kappa shape index (κ1) is 18.7. The highest BCUT2D eigenvalue weighted by atomic mass is 16.5. The SMILES string of the molecule is CCOc1ccc(NC(=O)C23C[C@H]4C[C@@H](C2)CC(c2ccc(C)cc2)(C4)C3)cc1. The van der Waals surface area contributed by atoms with Crippen LogP contribution in [0.4, 0.5) is 5.69 Å². The van der Waals surface area contributed by atoms with E-state index in [1.807, 2.05) is 31.2 Å². The Labute approximate surface area is 173 Å². The van der Waals surface area contributed by atoms with Crippen LogP contribution in [0.15, 0.2) is 48.5 Å². The third-order valence-electron chi connectivity index (χ3n) is 7.63. The molecule has 2 aromatic carbocycles. The van der Waals surface area contributed by atoms with Crippen LogP contribution in [0.25, 0.3) is 0 Å². The first-order valence-electron chi connectivity index (χ1n) is 11.1. The fraction of sp³-hybridized carbons (Fsp3) is 0.500. The number of ether oxygens (including phenoxy) is 1. The molecule has 3 heteroatoms. The van der Waals surface area contributed by atoms with Crippen molar-refractivity contribution in [3.8, 4) is 5.75 Å². The van der Waals surface area contributed by atoms with Gasteiger partial charge in [0.25, 0.3) is 0 Å². The molecule has 4 aliphatic carbocycles. The van der Waals surface area contributed by atoms with Gasteiger partial charge in [-0.05, 0) is 99.5 Å². The van der Waals surface area contributed by atoms with Gasteiger partial charge in [-0.25, -0.2) is 0 Å². The molecular weight excluding hydrogens is 358 g/mol. The van der Waals surface area contributed by atoms with Gasteiger partial charge in [-0.2, -0.15) is 0 Å². The fourth-order valence-electron chi connectivity index (χ4n) is 6.84. The number of rotatable bonds is 5. The number of hydrogen-bond donors (Lipinski definition) is 1. The maximum Gasteiger partial charge on any atom is 0.230 e. The molecule has 2 aromatic rings. The molecule has 3 nitrogen and oxygen atoms in total. The lowest BCUT2D eigenvalue weighted by atomic mass is 9.42. The summed E-state index contributed by atoms with van der Waals surface area (Å²) in [4.78, 5) is 13.6. The van der Waals surface area contributed by atoms with Crippen molar-refractivity contribution in [1.82, 2.24) is 0 Å². The Morgan fingerprint density at radius 1 is 1.00 bits per heavy atom. The van der Waals surface area contributed by atoms with Crippen LogP contribution in [0.3, 0.4) is 0 Å². The van der Waals surface area contributed by atoms with Crippen LogP contribution in [0.1, 0.15) is 56.6 Å².